The maximum atomic E-state index is 12.0. The Morgan fingerprint density at radius 2 is 2.12 bits per heavy atom. The van der Waals surface area contributed by atoms with Crippen molar-refractivity contribution in [2.75, 3.05) is 11.9 Å². The number of benzene rings is 1. The average molecular weight is 341 g/mol. The van der Waals surface area contributed by atoms with E-state index in [2.05, 4.69) is 28.3 Å². The summed E-state index contributed by atoms with van der Waals surface area (Å²) in [7, 11) is 0. The number of carbonyl (C=O) groups is 1. The summed E-state index contributed by atoms with van der Waals surface area (Å²) in [5.41, 5.74) is 1.32. The molecule has 0 fully saturated rings. The fourth-order valence-corrected chi connectivity index (χ4v) is 3.25. The van der Waals surface area contributed by atoms with E-state index in [0.29, 0.717) is 12.2 Å². The minimum absolute atomic E-state index is 0.308. The molecule has 0 aliphatic rings. The molecule has 1 aromatic carbocycles. The first-order valence-electron chi connectivity index (χ1n) is 7.99. The van der Waals surface area contributed by atoms with Gasteiger partial charge in [0.25, 0.3) is 0 Å². The lowest BCUT2D eigenvalue weighted by atomic mass is 10.2. The summed E-state index contributed by atoms with van der Waals surface area (Å²) in [4.78, 5) is 22.9. The van der Waals surface area contributed by atoms with Crippen LogP contribution < -0.4 is 5.32 Å². The zero-order valence-electron chi connectivity index (χ0n) is 13.7. The SMILES string of the molecule is CCCOC(=O)c1cccc(Nc2ncnc3sc(CC)cc23)c1. The van der Waals surface area contributed by atoms with Gasteiger partial charge in [0.1, 0.15) is 17.0 Å². The maximum absolute atomic E-state index is 12.0. The summed E-state index contributed by atoms with van der Waals surface area (Å²) in [6, 6.07) is 9.37. The van der Waals surface area contributed by atoms with E-state index < -0.39 is 0 Å². The molecule has 1 N–H and O–H groups in total. The van der Waals surface area contributed by atoms with Crippen molar-refractivity contribution in [3.8, 4) is 0 Å². The predicted molar refractivity (Wildman–Crippen MR) is 97.1 cm³/mol. The van der Waals surface area contributed by atoms with Crippen molar-refractivity contribution in [1.82, 2.24) is 9.97 Å². The number of anilines is 2. The molecule has 6 heteroatoms. The molecule has 2 heterocycles. The zero-order valence-corrected chi connectivity index (χ0v) is 14.5. The minimum Gasteiger partial charge on any atom is -0.462 e. The lowest BCUT2D eigenvalue weighted by Crippen LogP contribution is -2.06. The summed E-state index contributed by atoms with van der Waals surface area (Å²) >= 11 is 1.67. The van der Waals surface area contributed by atoms with Crippen LogP contribution in [0.4, 0.5) is 11.5 Å². The second-order valence-electron chi connectivity index (χ2n) is 5.35. The molecule has 0 bridgehead atoms. The molecule has 0 saturated carbocycles. The van der Waals surface area contributed by atoms with E-state index in [1.54, 1.807) is 29.8 Å². The lowest BCUT2D eigenvalue weighted by Gasteiger charge is -2.08. The number of aryl methyl sites for hydroxylation is 1. The van der Waals surface area contributed by atoms with Crippen LogP contribution in [0.2, 0.25) is 0 Å². The molecule has 0 aliphatic heterocycles. The van der Waals surface area contributed by atoms with Gasteiger partial charge in [-0.3, -0.25) is 0 Å². The number of hydrogen-bond acceptors (Lipinski definition) is 6. The molecule has 2 aromatic heterocycles. The minimum atomic E-state index is -0.308. The van der Waals surface area contributed by atoms with Crippen LogP contribution in [0, 0.1) is 0 Å². The topological polar surface area (TPSA) is 64.1 Å². The normalized spacial score (nSPS) is 10.8. The monoisotopic (exact) mass is 341 g/mol. The van der Waals surface area contributed by atoms with Gasteiger partial charge in [0.15, 0.2) is 0 Å². The number of ether oxygens (including phenoxy) is 1. The van der Waals surface area contributed by atoms with Gasteiger partial charge >= 0.3 is 5.97 Å². The third-order valence-corrected chi connectivity index (χ3v) is 4.71. The zero-order chi connectivity index (χ0) is 16.9. The van der Waals surface area contributed by atoms with Crippen LogP contribution in [-0.2, 0) is 11.2 Å². The Morgan fingerprint density at radius 3 is 2.92 bits per heavy atom. The highest BCUT2D eigenvalue weighted by Crippen LogP contribution is 2.30. The molecule has 5 nitrogen and oxygen atoms in total. The molecule has 0 saturated heterocycles. The van der Waals surface area contributed by atoms with Crippen LogP contribution in [-0.4, -0.2) is 22.5 Å². The maximum Gasteiger partial charge on any atom is 0.338 e. The van der Waals surface area contributed by atoms with Gasteiger partial charge < -0.3 is 10.1 Å². The first-order valence-corrected chi connectivity index (χ1v) is 8.80. The first kappa shape index (κ1) is 16.4. The van der Waals surface area contributed by atoms with Crippen LogP contribution in [0.1, 0.15) is 35.5 Å². The molecule has 0 spiro atoms. The number of fused-ring (bicyclic) bond motifs is 1. The highest BCUT2D eigenvalue weighted by molar-refractivity contribution is 7.18. The molecule has 0 aliphatic carbocycles. The van der Waals surface area contributed by atoms with Gasteiger partial charge in [-0.15, -0.1) is 11.3 Å². The number of aromatic nitrogens is 2. The van der Waals surface area contributed by atoms with Crippen LogP contribution in [0.25, 0.3) is 10.2 Å². The summed E-state index contributed by atoms with van der Waals surface area (Å²) in [6.07, 6.45) is 3.33. The van der Waals surface area contributed by atoms with Gasteiger partial charge in [-0.1, -0.05) is 19.9 Å². The summed E-state index contributed by atoms with van der Waals surface area (Å²) in [6.45, 7) is 4.52. The van der Waals surface area contributed by atoms with Crippen LogP contribution in [0.3, 0.4) is 0 Å². The Labute approximate surface area is 144 Å². The van der Waals surface area contributed by atoms with Crippen molar-refractivity contribution >= 4 is 39.0 Å². The number of rotatable bonds is 6. The van der Waals surface area contributed by atoms with Crippen LogP contribution in [0.15, 0.2) is 36.7 Å². The molecule has 3 aromatic rings. The number of nitrogens with zero attached hydrogens (tertiary/aromatic N) is 2. The Bertz CT molecular complexity index is 860. The molecule has 24 heavy (non-hydrogen) atoms. The van der Waals surface area contributed by atoms with E-state index in [1.807, 2.05) is 19.1 Å². The highest BCUT2D eigenvalue weighted by atomic mass is 32.1. The molecule has 0 radical (unpaired) electrons. The van der Waals surface area contributed by atoms with E-state index in [0.717, 1.165) is 34.6 Å². The van der Waals surface area contributed by atoms with E-state index in [-0.39, 0.29) is 5.97 Å². The third-order valence-electron chi connectivity index (χ3n) is 3.53. The quantitative estimate of drug-likeness (QED) is 0.666. The van der Waals surface area contributed by atoms with Gasteiger partial charge in [0.05, 0.1) is 17.6 Å². The lowest BCUT2D eigenvalue weighted by molar-refractivity contribution is 0.0505. The largest absolute Gasteiger partial charge is 0.462 e. The Hall–Kier alpha value is -2.47. The van der Waals surface area contributed by atoms with Crippen molar-refractivity contribution < 1.29 is 9.53 Å². The van der Waals surface area contributed by atoms with Gasteiger partial charge in [-0.25, -0.2) is 14.8 Å². The Balaban J connectivity index is 1.86. The van der Waals surface area contributed by atoms with E-state index in [9.17, 15) is 4.79 Å². The molecular weight excluding hydrogens is 322 g/mol. The van der Waals surface area contributed by atoms with Crippen molar-refractivity contribution in [2.24, 2.45) is 0 Å². The van der Waals surface area contributed by atoms with Gasteiger partial charge in [0, 0.05) is 10.6 Å². The predicted octanol–water partition coefficient (Wildman–Crippen LogP) is 4.56. The van der Waals surface area contributed by atoms with E-state index in [4.69, 9.17) is 4.74 Å². The van der Waals surface area contributed by atoms with Crippen molar-refractivity contribution in [1.29, 1.82) is 0 Å². The Morgan fingerprint density at radius 1 is 1.25 bits per heavy atom. The molecule has 124 valence electrons. The number of esters is 1. The number of thiophene rings is 1. The van der Waals surface area contributed by atoms with Crippen LogP contribution >= 0.6 is 11.3 Å². The highest BCUT2D eigenvalue weighted by Gasteiger charge is 2.10. The first-order chi connectivity index (χ1) is 11.7. The second-order valence-corrected chi connectivity index (χ2v) is 6.46. The van der Waals surface area contributed by atoms with Crippen molar-refractivity contribution in [3.05, 3.63) is 47.1 Å². The molecular formula is C18H19N3O2S. The van der Waals surface area contributed by atoms with Crippen LogP contribution in [0.5, 0.6) is 0 Å². The van der Waals surface area contributed by atoms with Gasteiger partial charge in [-0.2, -0.15) is 0 Å². The molecule has 3 rings (SSSR count). The molecule has 0 atom stereocenters. The summed E-state index contributed by atoms with van der Waals surface area (Å²) in [5.74, 6) is 0.437. The number of hydrogen-bond donors (Lipinski definition) is 1. The van der Waals surface area contributed by atoms with Gasteiger partial charge in [-0.05, 0) is 37.1 Å². The fourth-order valence-electron chi connectivity index (χ4n) is 2.32. The van der Waals surface area contributed by atoms with Crippen molar-refractivity contribution in [3.63, 3.8) is 0 Å². The van der Waals surface area contributed by atoms with E-state index in [1.165, 1.54) is 4.88 Å². The fraction of sp³-hybridized carbons (Fsp3) is 0.278. The average Bonchev–Trinajstić information content (AvgIpc) is 3.04. The smallest absolute Gasteiger partial charge is 0.338 e. The Kier molecular flexibility index (Phi) is 5.05. The third kappa shape index (κ3) is 3.54. The van der Waals surface area contributed by atoms with E-state index >= 15 is 0 Å². The summed E-state index contributed by atoms with van der Waals surface area (Å²) < 4.78 is 5.18. The van der Waals surface area contributed by atoms with Crippen molar-refractivity contribution in [2.45, 2.75) is 26.7 Å². The molecule has 0 amide bonds. The molecule has 0 unspecified atom stereocenters. The van der Waals surface area contributed by atoms with Gasteiger partial charge in [0.2, 0.25) is 0 Å². The number of carbonyl (C=O) groups excluding carboxylic acids is 1. The number of nitrogens with one attached hydrogen (secondary N) is 1. The standard InChI is InChI=1S/C18H19N3O2S/c1-3-8-23-18(22)12-6-5-7-13(9-12)21-16-15-10-14(4-2)24-17(15)20-11-19-16/h5-7,9-11H,3-4,8H2,1-2H3,(H,19,20,21). The second kappa shape index (κ2) is 7.40. The summed E-state index contributed by atoms with van der Waals surface area (Å²) in [5, 5.41) is 4.28.